The topological polar surface area (TPSA) is 125 Å². The van der Waals surface area contributed by atoms with E-state index >= 15 is 0 Å². The number of nitrogens with zero attached hydrogens (tertiary/aromatic N) is 2. The van der Waals surface area contributed by atoms with Gasteiger partial charge in [0.1, 0.15) is 0 Å². The molecule has 4 N–H and O–H groups in total. The molecule has 0 amide bonds. The summed E-state index contributed by atoms with van der Waals surface area (Å²) >= 11 is 3.22. The number of aromatic nitrogens is 2. The van der Waals surface area contributed by atoms with Gasteiger partial charge in [-0.25, -0.2) is 0 Å². The molecule has 2 aromatic heterocycles. The summed E-state index contributed by atoms with van der Waals surface area (Å²) in [4.78, 5) is 26.9. The molecule has 2 aromatic rings. The van der Waals surface area contributed by atoms with E-state index < -0.39 is 12.2 Å². The summed E-state index contributed by atoms with van der Waals surface area (Å²) in [6.07, 6.45) is 5.12. The quantitative estimate of drug-likeness (QED) is 0.239. The monoisotopic (exact) mass is 606 g/mol. The van der Waals surface area contributed by atoms with Gasteiger partial charge in [0.2, 0.25) is 0 Å². The molecule has 0 aromatic carbocycles. The molecular weight excluding hydrogens is 560 g/mol. The third-order valence-corrected chi connectivity index (χ3v) is 10.5. The van der Waals surface area contributed by atoms with E-state index in [1.165, 1.54) is 9.13 Å². The van der Waals surface area contributed by atoms with Crippen LogP contribution < -0.4 is 11.1 Å². The molecule has 0 saturated carbocycles. The lowest BCUT2D eigenvalue weighted by molar-refractivity contribution is 0.0846. The van der Waals surface area contributed by atoms with E-state index in [9.17, 15) is 30.0 Å². The minimum atomic E-state index is -0.560. The van der Waals surface area contributed by atoms with Crippen LogP contribution in [-0.2, 0) is 25.9 Å². The van der Waals surface area contributed by atoms with Gasteiger partial charge in [-0.05, 0) is 62.2 Å². The number of pyridine rings is 2. The molecule has 0 spiro atoms. The number of aromatic hydroxyl groups is 2. The SMILES string of the molecule is CC(C)(CCCC(O)CCCC(O)CC(C)(C)Cn1c(O)c2c(cc1=O)SCC2)Cn1c(O)c2c(cc1=O)SCC2. The third-order valence-electron chi connectivity index (χ3n) is 8.33. The van der Waals surface area contributed by atoms with Crippen molar-refractivity contribution in [3.63, 3.8) is 0 Å². The van der Waals surface area contributed by atoms with Crippen molar-refractivity contribution < 1.29 is 20.4 Å². The number of fused-ring (bicyclic) bond motifs is 2. The first-order valence-electron chi connectivity index (χ1n) is 14.8. The van der Waals surface area contributed by atoms with Crippen LogP contribution in [-0.4, -0.2) is 53.3 Å². The molecule has 8 nitrogen and oxygen atoms in total. The van der Waals surface area contributed by atoms with Gasteiger partial charge < -0.3 is 20.4 Å². The van der Waals surface area contributed by atoms with Crippen LogP contribution in [0.4, 0.5) is 0 Å². The molecule has 228 valence electrons. The van der Waals surface area contributed by atoms with Crippen molar-refractivity contribution in [3.8, 4) is 11.8 Å². The van der Waals surface area contributed by atoms with E-state index in [0.29, 0.717) is 45.2 Å². The summed E-state index contributed by atoms with van der Waals surface area (Å²) in [5, 5.41) is 42.6. The first-order valence-corrected chi connectivity index (χ1v) is 16.8. The fourth-order valence-corrected chi connectivity index (χ4v) is 8.31. The zero-order chi connectivity index (χ0) is 29.9. The maximum absolute atomic E-state index is 12.6. The van der Waals surface area contributed by atoms with Gasteiger partial charge in [0, 0.05) is 57.6 Å². The number of hydrogen-bond donors (Lipinski definition) is 4. The fourth-order valence-electron chi connectivity index (χ4n) is 6.16. The first kappa shape index (κ1) is 32.0. The molecule has 0 aliphatic carbocycles. The molecule has 0 fully saturated rings. The summed E-state index contributed by atoms with van der Waals surface area (Å²) in [5.41, 5.74) is 0.745. The molecule has 2 aliphatic heterocycles. The molecule has 0 saturated heterocycles. The second-order valence-corrected chi connectivity index (χ2v) is 15.6. The zero-order valence-electron chi connectivity index (χ0n) is 24.8. The minimum Gasteiger partial charge on any atom is -0.494 e. The van der Waals surface area contributed by atoms with Crippen molar-refractivity contribution in [2.24, 2.45) is 10.8 Å². The lowest BCUT2D eigenvalue weighted by Crippen LogP contribution is -2.31. The zero-order valence-corrected chi connectivity index (χ0v) is 26.5. The van der Waals surface area contributed by atoms with E-state index in [-0.39, 0.29) is 33.7 Å². The predicted octanol–water partition coefficient (Wildman–Crippen LogP) is 4.92. The Morgan fingerprint density at radius 2 is 1.22 bits per heavy atom. The van der Waals surface area contributed by atoms with Crippen LogP contribution >= 0.6 is 23.5 Å². The highest BCUT2D eigenvalue weighted by atomic mass is 32.2. The highest BCUT2D eigenvalue weighted by Crippen LogP contribution is 2.38. The second kappa shape index (κ2) is 13.2. The molecule has 41 heavy (non-hydrogen) atoms. The molecule has 0 bridgehead atoms. The van der Waals surface area contributed by atoms with Gasteiger partial charge in [-0.15, -0.1) is 23.5 Å². The Hall–Kier alpha value is -1.88. The van der Waals surface area contributed by atoms with Crippen molar-refractivity contribution in [3.05, 3.63) is 44.0 Å². The van der Waals surface area contributed by atoms with Crippen molar-refractivity contribution in [1.82, 2.24) is 9.13 Å². The van der Waals surface area contributed by atoms with Gasteiger partial charge in [0.15, 0.2) is 11.8 Å². The number of thioether (sulfide) groups is 2. The van der Waals surface area contributed by atoms with Crippen LogP contribution in [0.3, 0.4) is 0 Å². The number of rotatable bonds is 14. The summed E-state index contributed by atoms with van der Waals surface area (Å²) in [5.74, 6) is 1.92. The summed E-state index contributed by atoms with van der Waals surface area (Å²) in [7, 11) is 0. The maximum atomic E-state index is 12.6. The molecule has 4 heterocycles. The highest BCUT2D eigenvalue weighted by molar-refractivity contribution is 7.99. The van der Waals surface area contributed by atoms with E-state index in [2.05, 4.69) is 13.8 Å². The molecule has 0 radical (unpaired) electrons. The van der Waals surface area contributed by atoms with Crippen LogP contribution in [0.1, 0.15) is 83.8 Å². The Kier molecular flexibility index (Phi) is 10.3. The summed E-state index contributed by atoms with van der Waals surface area (Å²) < 4.78 is 2.93. The molecule has 2 atom stereocenters. The van der Waals surface area contributed by atoms with E-state index in [1.807, 2.05) is 13.8 Å². The second-order valence-electron chi connectivity index (χ2n) is 13.3. The smallest absolute Gasteiger partial charge is 0.254 e. The largest absolute Gasteiger partial charge is 0.494 e. The van der Waals surface area contributed by atoms with Crippen molar-refractivity contribution in [2.75, 3.05) is 11.5 Å². The van der Waals surface area contributed by atoms with Crippen molar-refractivity contribution in [1.29, 1.82) is 0 Å². The fraction of sp³-hybridized carbons (Fsp3) is 0.677. The minimum absolute atomic E-state index is 0.0570. The number of aliphatic hydroxyl groups excluding tert-OH is 2. The van der Waals surface area contributed by atoms with Crippen molar-refractivity contribution in [2.45, 2.75) is 121 Å². The molecule has 2 unspecified atom stereocenters. The van der Waals surface area contributed by atoms with Gasteiger partial charge in [-0.3, -0.25) is 18.7 Å². The Labute approximate surface area is 251 Å². The summed E-state index contributed by atoms with van der Waals surface area (Å²) in [6.45, 7) is 8.93. The first-order chi connectivity index (χ1) is 19.3. The molecular formula is C31H46N2O6S2. The van der Waals surface area contributed by atoms with E-state index in [0.717, 1.165) is 58.1 Å². The average molecular weight is 607 g/mol. The van der Waals surface area contributed by atoms with Crippen LogP contribution in [0, 0.1) is 10.8 Å². The van der Waals surface area contributed by atoms with E-state index in [1.54, 1.807) is 35.7 Å². The van der Waals surface area contributed by atoms with Crippen LogP contribution in [0.25, 0.3) is 0 Å². The Balaban J connectivity index is 1.18. The lowest BCUT2D eigenvalue weighted by atomic mass is 9.84. The Bertz CT molecular complexity index is 1350. The van der Waals surface area contributed by atoms with Gasteiger partial charge in [0.25, 0.3) is 11.1 Å². The maximum Gasteiger partial charge on any atom is 0.254 e. The van der Waals surface area contributed by atoms with Gasteiger partial charge >= 0.3 is 0 Å². The average Bonchev–Trinajstić information content (AvgIpc) is 3.53. The Morgan fingerprint density at radius 1 is 0.756 bits per heavy atom. The van der Waals surface area contributed by atoms with Crippen molar-refractivity contribution >= 4 is 23.5 Å². The van der Waals surface area contributed by atoms with Gasteiger partial charge in [-0.2, -0.15) is 0 Å². The molecule has 10 heteroatoms. The van der Waals surface area contributed by atoms with Crippen LogP contribution in [0.2, 0.25) is 0 Å². The number of hydrogen-bond acceptors (Lipinski definition) is 8. The third kappa shape index (κ3) is 8.15. The lowest BCUT2D eigenvalue weighted by Gasteiger charge is -2.29. The standard InChI is InChI=1S/C31H46N2O6S2/c1-30(2,18-32-26(36)15-24-22(28(32)38)10-13-40-24)12-6-9-20(34)7-5-8-21(35)17-31(3,4)19-33-27(37)16-25-23(29(33)39)11-14-41-25/h15-16,20-21,34-35,38-39H,5-14,17-19H2,1-4H3. The number of aliphatic hydroxyl groups is 2. The van der Waals surface area contributed by atoms with Gasteiger partial charge in [0.05, 0.1) is 12.2 Å². The molecule has 2 aliphatic rings. The summed E-state index contributed by atoms with van der Waals surface area (Å²) in [6, 6.07) is 3.25. The molecule has 4 rings (SSSR count). The van der Waals surface area contributed by atoms with Crippen LogP contribution in [0.5, 0.6) is 11.8 Å². The highest BCUT2D eigenvalue weighted by Gasteiger charge is 2.28. The van der Waals surface area contributed by atoms with E-state index in [4.69, 9.17) is 0 Å². The Morgan fingerprint density at radius 3 is 1.76 bits per heavy atom. The normalized spacial score (nSPS) is 16.5. The van der Waals surface area contributed by atoms with Crippen LogP contribution in [0.15, 0.2) is 31.5 Å². The predicted molar refractivity (Wildman–Crippen MR) is 165 cm³/mol. The van der Waals surface area contributed by atoms with Gasteiger partial charge in [-0.1, -0.05) is 34.1 Å².